The van der Waals surface area contributed by atoms with E-state index < -0.39 is 33.4 Å². The van der Waals surface area contributed by atoms with Crippen LogP contribution in [0.15, 0.2) is 65.7 Å². The molecule has 7 nitrogen and oxygen atoms in total. The largest absolute Gasteiger partial charge is 0.465 e. The molecule has 4 rings (SSSR count). The van der Waals surface area contributed by atoms with Gasteiger partial charge in [0, 0.05) is 17.6 Å². The summed E-state index contributed by atoms with van der Waals surface area (Å²) in [6.07, 6.45) is 1.20. The molecule has 0 saturated heterocycles. The second-order valence-corrected chi connectivity index (χ2v) is 9.06. The molecular formula is C24H16F2N2O5S. The summed E-state index contributed by atoms with van der Waals surface area (Å²) >= 11 is 0. The van der Waals surface area contributed by atoms with Crippen molar-refractivity contribution in [1.29, 1.82) is 0 Å². The van der Waals surface area contributed by atoms with Gasteiger partial charge in [-0.05, 0) is 43.3 Å². The Morgan fingerprint density at radius 2 is 1.74 bits per heavy atom. The molecule has 172 valence electrons. The fraction of sp³-hybridized carbons (Fsp3) is 0.0833. The van der Waals surface area contributed by atoms with E-state index in [-0.39, 0.29) is 32.8 Å². The van der Waals surface area contributed by atoms with Crippen LogP contribution < -0.4 is 4.74 Å². The Balaban J connectivity index is 1.92. The van der Waals surface area contributed by atoms with Gasteiger partial charge in [-0.1, -0.05) is 17.7 Å². The van der Waals surface area contributed by atoms with E-state index in [0.717, 1.165) is 34.8 Å². The number of halogens is 2. The second-order valence-electron chi connectivity index (χ2n) is 7.24. The number of hydrogen-bond donors (Lipinski definition) is 0. The standard InChI is InChI=1S/C24H16F2N2O5S/c1-14-4-7-16(8-5-14)34(30,31)28-11-10-17-21(28)13-19(26)23(22(17)24(29)32-3)33-15-6-9-18(25)20(12-15)27-2/h4-13H,1,3H3. The number of methoxy groups -OCH3 is 1. The molecule has 3 aromatic carbocycles. The minimum absolute atomic E-state index is 0.0195. The van der Waals surface area contributed by atoms with Crippen molar-refractivity contribution in [3.63, 3.8) is 0 Å². The van der Waals surface area contributed by atoms with Crippen LogP contribution in [-0.2, 0) is 14.8 Å². The SMILES string of the molecule is [C-]#[N+]c1cc(Oc2c(F)cc3c(ccn3S(=O)(=O)c3ccc(C)cc3)c2C(=O)OC)ccc1F. The molecule has 0 fully saturated rings. The Hall–Kier alpha value is -4.23. The normalized spacial score (nSPS) is 11.3. The third-order valence-corrected chi connectivity index (χ3v) is 6.80. The molecular weight excluding hydrogens is 466 g/mol. The van der Waals surface area contributed by atoms with E-state index in [0.29, 0.717) is 0 Å². The Morgan fingerprint density at radius 3 is 2.38 bits per heavy atom. The second kappa shape index (κ2) is 8.61. The summed E-state index contributed by atoms with van der Waals surface area (Å²) in [6.45, 7) is 8.83. The van der Waals surface area contributed by atoms with Crippen LogP contribution in [0.1, 0.15) is 15.9 Å². The smallest absolute Gasteiger partial charge is 0.342 e. The van der Waals surface area contributed by atoms with Crippen molar-refractivity contribution < 1.29 is 31.5 Å². The molecule has 1 aromatic heterocycles. The molecule has 10 heteroatoms. The summed E-state index contributed by atoms with van der Waals surface area (Å²) in [5.41, 5.74) is 0.0454. The molecule has 0 bridgehead atoms. The average Bonchev–Trinajstić information content (AvgIpc) is 3.24. The van der Waals surface area contributed by atoms with Crippen LogP contribution in [0.5, 0.6) is 11.5 Å². The highest BCUT2D eigenvalue weighted by molar-refractivity contribution is 7.90. The van der Waals surface area contributed by atoms with E-state index in [9.17, 15) is 17.6 Å². The van der Waals surface area contributed by atoms with Crippen molar-refractivity contribution in [1.82, 2.24) is 3.97 Å². The Labute approximate surface area is 193 Å². The Bertz CT molecular complexity index is 1590. The molecule has 0 aliphatic heterocycles. The van der Waals surface area contributed by atoms with Crippen LogP contribution in [0.3, 0.4) is 0 Å². The molecule has 1 heterocycles. The number of carbonyl (C=O) groups excluding carboxylic acids is 1. The van der Waals surface area contributed by atoms with Gasteiger partial charge in [0.25, 0.3) is 10.0 Å². The highest BCUT2D eigenvalue weighted by Gasteiger charge is 2.27. The summed E-state index contributed by atoms with van der Waals surface area (Å²) in [4.78, 5) is 15.6. The quantitative estimate of drug-likeness (QED) is 0.274. The maximum atomic E-state index is 15.2. The number of hydrogen-bond acceptors (Lipinski definition) is 5. The zero-order valence-corrected chi connectivity index (χ0v) is 18.7. The molecule has 0 unspecified atom stereocenters. The molecule has 0 spiro atoms. The third-order valence-electron chi connectivity index (χ3n) is 5.09. The van der Waals surface area contributed by atoms with Gasteiger partial charge in [0.05, 0.1) is 24.1 Å². The summed E-state index contributed by atoms with van der Waals surface area (Å²) in [7, 11) is -3.03. The lowest BCUT2D eigenvalue weighted by Crippen LogP contribution is -2.13. The maximum absolute atomic E-state index is 15.2. The lowest BCUT2D eigenvalue weighted by Gasteiger charge is -2.14. The van der Waals surface area contributed by atoms with Crippen molar-refractivity contribution in [2.45, 2.75) is 11.8 Å². The van der Waals surface area contributed by atoms with Crippen LogP contribution in [-0.4, -0.2) is 25.5 Å². The summed E-state index contributed by atoms with van der Waals surface area (Å²) in [5.74, 6) is -3.46. The van der Waals surface area contributed by atoms with Crippen LogP contribution >= 0.6 is 0 Å². The van der Waals surface area contributed by atoms with Crippen LogP contribution in [0.2, 0.25) is 0 Å². The van der Waals surface area contributed by atoms with E-state index in [1.807, 2.05) is 6.92 Å². The highest BCUT2D eigenvalue weighted by atomic mass is 32.2. The van der Waals surface area contributed by atoms with Gasteiger partial charge in [0.15, 0.2) is 11.6 Å². The zero-order chi connectivity index (χ0) is 24.6. The fourth-order valence-electron chi connectivity index (χ4n) is 3.40. The molecule has 0 radical (unpaired) electrons. The van der Waals surface area contributed by atoms with E-state index >= 15 is 4.39 Å². The topological polar surface area (TPSA) is 79.0 Å². The summed E-state index contributed by atoms with van der Waals surface area (Å²) in [6, 6.07) is 11.6. The lowest BCUT2D eigenvalue weighted by molar-refractivity contribution is 0.0599. The van der Waals surface area contributed by atoms with Crippen LogP contribution in [0.25, 0.3) is 15.7 Å². The first-order valence-electron chi connectivity index (χ1n) is 9.76. The average molecular weight is 482 g/mol. The number of benzene rings is 3. The Morgan fingerprint density at radius 1 is 1.03 bits per heavy atom. The molecule has 0 aliphatic rings. The molecule has 0 atom stereocenters. The van der Waals surface area contributed by atoms with E-state index in [2.05, 4.69) is 4.85 Å². The van der Waals surface area contributed by atoms with Crippen molar-refractivity contribution in [2.24, 2.45) is 0 Å². The molecule has 0 aliphatic carbocycles. The number of esters is 1. The lowest BCUT2D eigenvalue weighted by atomic mass is 10.1. The summed E-state index contributed by atoms with van der Waals surface area (Å²) in [5, 5.41) is 0.0615. The van der Waals surface area contributed by atoms with E-state index in [1.54, 1.807) is 12.1 Å². The first kappa shape index (κ1) is 22.9. The van der Waals surface area contributed by atoms with Crippen molar-refractivity contribution in [3.8, 4) is 11.5 Å². The van der Waals surface area contributed by atoms with Crippen molar-refractivity contribution in [3.05, 3.63) is 95.0 Å². The monoisotopic (exact) mass is 482 g/mol. The van der Waals surface area contributed by atoms with Gasteiger partial charge in [-0.25, -0.2) is 30.8 Å². The van der Waals surface area contributed by atoms with Gasteiger partial charge in [-0.2, -0.15) is 0 Å². The van der Waals surface area contributed by atoms with Gasteiger partial charge in [0.1, 0.15) is 17.1 Å². The van der Waals surface area contributed by atoms with Gasteiger partial charge in [-0.15, -0.1) is 0 Å². The number of ether oxygens (including phenoxy) is 2. The van der Waals surface area contributed by atoms with Gasteiger partial charge in [0.2, 0.25) is 5.69 Å². The zero-order valence-electron chi connectivity index (χ0n) is 17.9. The van der Waals surface area contributed by atoms with Crippen molar-refractivity contribution >= 4 is 32.6 Å². The maximum Gasteiger partial charge on any atom is 0.342 e. The number of aromatic nitrogens is 1. The van der Waals surface area contributed by atoms with Gasteiger partial charge in [-0.3, -0.25) is 0 Å². The molecule has 0 N–H and O–H groups in total. The molecule has 34 heavy (non-hydrogen) atoms. The fourth-order valence-corrected chi connectivity index (χ4v) is 4.74. The van der Waals surface area contributed by atoms with E-state index in [4.69, 9.17) is 16.0 Å². The molecule has 4 aromatic rings. The molecule has 0 amide bonds. The van der Waals surface area contributed by atoms with Gasteiger partial charge < -0.3 is 9.47 Å². The Kier molecular flexibility index (Phi) is 5.81. The first-order chi connectivity index (χ1) is 16.2. The number of rotatable bonds is 5. The van der Waals surface area contributed by atoms with E-state index in [1.165, 1.54) is 30.5 Å². The number of nitrogens with zero attached hydrogens (tertiary/aromatic N) is 2. The van der Waals surface area contributed by atoms with Crippen LogP contribution in [0.4, 0.5) is 14.5 Å². The molecule has 0 saturated carbocycles. The number of aryl methyl sites for hydroxylation is 1. The number of fused-ring (bicyclic) bond motifs is 1. The van der Waals surface area contributed by atoms with Crippen molar-refractivity contribution in [2.75, 3.05) is 7.11 Å². The highest BCUT2D eigenvalue weighted by Crippen LogP contribution is 2.37. The minimum Gasteiger partial charge on any atom is -0.465 e. The summed E-state index contributed by atoms with van der Waals surface area (Å²) < 4.78 is 66.4. The van der Waals surface area contributed by atoms with Gasteiger partial charge >= 0.3 is 5.97 Å². The predicted molar refractivity (Wildman–Crippen MR) is 120 cm³/mol. The third kappa shape index (κ3) is 3.86. The minimum atomic E-state index is -4.11. The number of carbonyl (C=O) groups is 1. The van der Waals surface area contributed by atoms with Crippen LogP contribution in [0, 0.1) is 25.1 Å². The predicted octanol–water partition coefficient (Wildman–Crippen LogP) is 5.59. The first-order valence-corrected chi connectivity index (χ1v) is 11.2.